The SMILES string of the molecule is [13CH3]O[C@@H]1O[C@H](C(=O)O)[C@@H](O)[C@H](O)[C@H]1O. The lowest BCUT2D eigenvalue weighted by molar-refractivity contribution is -0.287. The van der Waals surface area contributed by atoms with Crippen LogP contribution in [0.1, 0.15) is 0 Å². The monoisotopic (exact) mass is 209 g/mol. The first-order valence-electron chi connectivity index (χ1n) is 3.94. The van der Waals surface area contributed by atoms with Gasteiger partial charge in [0, 0.05) is 7.11 Å². The number of aliphatic hydroxyl groups excluding tert-OH is 3. The minimum absolute atomic E-state index is 1.19. The van der Waals surface area contributed by atoms with Crippen molar-refractivity contribution >= 4 is 5.97 Å². The molecular formula is C7H12O7. The summed E-state index contributed by atoms with van der Waals surface area (Å²) in [5, 5.41) is 36.3. The standard InChI is InChI=1S/C7H12O7/c1-13-7-4(10)2(8)3(9)5(14-7)6(11)12/h2-5,7-10H,1H3,(H,11,12)/t2-,3-,4+,5-,7+/m0/s1/i1+1. The Hall–Kier alpha value is -0.730. The molecule has 0 spiro atoms. The van der Waals surface area contributed by atoms with Crippen LogP contribution in [0.3, 0.4) is 0 Å². The third-order valence-electron chi connectivity index (χ3n) is 2.05. The Morgan fingerprint density at radius 3 is 2.21 bits per heavy atom. The number of hydrogen-bond donors (Lipinski definition) is 4. The molecule has 0 aromatic carbocycles. The third-order valence-corrected chi connectivity index (χ3v) is 2.05. The van der Waals surface area contributed by atoms with Crippen molar-refractivity contribution in [3.8, 4) is 0 Å². The van der Waals surface area contributed by atoms with E-state index in [-0.39, 0.29) is 0 Å². The van der Waals surface area contributed by atoms with Crippen LogP contribution < -0.4 is 0 Å². The van der Waals surface area contributed by atoms with Gasteiger partial charge in [0.2, 0.25) is 0 Å². The van der Waals surface area contributed by atoms with Crippen molar-refractivity contribution in [2.75, 3.05) is 7.11 Å². The van der Waals surface area contributed by atoms with E-state index >= 15 is 0 Å². The van der Waals surface area contributed by atoms with Gasteiger partial charge in [-0.1, -0.05) is 0 Å². The van der Waals surface area contributed by atoms with E-state index in [1.54, 1.807) is 0 Å². The third kappa shape index (κ3) is 1.86. The van der Waals surface area contributed by atoms with Crippen molar-refractivity contribution in [2.24, 2.45) is 0 Å². The fourth-order valence-electron chi connectivity index (χ4n) is 1.25. The molecule has 1 fully saturated rings. The molecule has 0 aromatic heterocycles. The maximum Gasteiger partial charge on any atom is 0.335 e. The molecule has 5 atom stereocenters. The number of aliphatic carboxylic acids is 1. The van der Waals surface area contributed by atoms with Gasteiger partial charge in [-0.05, 0) is 0 Å². The molecule has 0 aliphatic carbocycles. The van der Waals surface area contributed by atoms with Gasteiger partial charge in [0.05, 0.1) is 0 Å². The zero-order chi connectivity index (χ0) is 10.9. The molecule has 0 saturated carbocycles. The number of carboxylic acids is 1. The molecule has 7 heteroatoms. The number of methoxy groups -OCH3 is 1. The molecule has 1 rings (SSSR count). The lowest BCUT2D eigenvalue weighted by Gasteiger charge is -2.37. The van der Waals surface area contributed by atoms with Gasteiger partial charge >= 0.3 is 5.97 Å². The van der Waals surface area contributed by atoms with Crippen LogP contribution in [0.25, 0.3) is 0 Å². The summed E-state index contributed by atoms with van der Waals surface area (Å²) in [6, 6.07) is 0. The van der Waals surface area contributed by atoms with Crippen molar-refractivity contribution in [3.05, 3.63) is 0 Å². The second kappa shape index (κ2) is 4.20. The fourth-order valence-corrected chi connectivity index (χ4v) is 1.25. The lowest BCUT2D eigenvalue weighted by Crippen LogP contribution is -2.60. The smallest absolute Gasteiger partial charge is 0.335 e. The Bertz CT molecular complexity index is 216. The molecule has 0 aromatic rings. The highest BCUT2D eigenvalue weighted by Crippen LogP contribution is 2.21. The molecule has 0 amide bonds. The van der Waals surface area contributed by atoms with Gasteiger partial charge in [-0.25, -0.2) is 4.79 Å². The highest BCUT2D eigenvalue weighted by Gasteiger charge is 2.46. The second-order valence-corrected chi connectivity index (χ2v) is 2.97. The molecule has 0 unspecified atom stereocenters. The minimum atomic E-state index is -1.67. The maximum atomic E-state index is 10.5. The normalized spacial score (nSPS) is 43.6. The van der Waals surface area contributed by atoms with Crippen LogP contribution in [-0.4, -0.2) is 64.2 Å². The van der Waals surface area contributed by atoms with Gasteiger partial charge in [0.15, 0.2) is 12.4 Å². The van der Waals surface area contributed by atoms with E-state index in [0.29, 0.717) is 0 Å². The van der Waals surface area contributed by atoms with Crippen molar-refractivity contribution in [1.82, 2.24) is 0 Å². The van der Waals surface area contributed by atoms with Crippen LogP contribution in [0.15, 0.2) is 0 Å². The van der Waals surface area contributed by atoms with Crippen LogP contribution in [-0.2, 0) is 14.3 Å². The quantitative estimate of drug-likeness (QED) is 0.372. The number of ether oxygens (including phenoxy) is 2. The molecule has 82 valence electrons. The zero-order valence-electron chi connectivity index (χ0n) is 7.40. The summed E-state index contributed by atoms with van der Waals surface area (Å²) < 4.78 is 9.31. The van der Waals surface area contributed by atoms with Crippen LogP contribution in [0.2, 0.25) is 0 Å². The molecular weight excluding hydrogens is 197 g/mol. The van der Waals surface area contributed by atoms with E-state index in [9.17, 15) is 20.1 Å². The Labute approximate surface area is 79.5 Å². The summed E-state index contributed by atoms with van der Waals surface area (Å²) in [4.78, 5) is 10.5. The topological polar surface area (TPSA) is 116 Å². The number of carbonyl (C=O) groups is 1. The summed E-state index contributed by atoms with van der Waals surface area (Å²) in [5.74, 6) is -1.43. The first-order chi connectivity index (χ1) is 6.49. The summed E-state index contributed by atoms with van der Waals surface area (Å²) in [5.41, 5.74) is 0. The van der Waals surface area contributed by atoms with Gasteiger partial charge in [-0.3, -0.25) is 0 Å². The van der Waals surface area contributed by atoms with Gasteiger partial charge in [0.25, 0.3) is 0 Å². The van der Waals surface area contributed by atoms with E-state index in [1.807, 2.05) is 0 Å². The second-order valence-electron chi connectivity index (χ2n) is 2.97. The number of hydrogen-bond acceptors (Lipinski definition) is 6. The highest BCUT2D eigenvalue weighted by molar-refractivity contribution is 5.73. The maximum absolute atomic E-state index is 10.5. The predicted molar refractivity (Wildman–Crippen MR) is 41.3 cm³/mol. The van der Waals surface area contributed by atoms with E-state index in [4.69, 9.17) is 9.84 Å². The van der Waals surface area contributed by atoms with Crippen molar-refractivity contribution in [3.63, 3.8) is 0 Å². The van der Waals surface area contributed by atoms with Crippen LogP contribution in [0.4, 0.5) is 0 Å². The summed E-state index contributed by atoms with van der Waals surface area (Å²) in [6.45, 7) is 0. The Balaban J connectivity index is 2.78. The Kier molecular flexibility index (Phi) is 3.40. The van der Waals surface area contributed by atoms with Crippen LogP contribution in [0, 0.1) is 0 Å². The van der Waals surface area contributed by atoms with Crippen LogP contribution in [0.5, 0.6) is 0 Å². The fraction of sp³-hybridized carbons (Fsp3) is 0.857. The predicted octanol–water partition coefficient (Wildman–Crippen LogP) is -2.47. The van der Waals surface area contributed by atoms with Crippen molar-refractivity contribution in [2.45, 2.75) is 30.7 Å². The van der Waals surface area contributed by atoms with Crippen LogP contribution >= 0.6 is 0 Å². The average molecular weight is 209 g/mol. The molecule has 1 saturated heterocycles. The zero-order valence-corrected chi connectivity index (χ0v) is 7.40. The summed E-state index contributed by atoms with van der Waals surface area (Å²) in [7, 11) is 1.19. The number of rotatable bonds is 2. The highest BCUT2D eigenvalue weighted by atomic mass is 16.7. The van der Waals surface area contributed by atoms with E-state index in [1.165, 1.54) is 7.11 Å². The van der Waals surface area contributed by atoms with E-state index in [0.717, 1.165) is 0 Å². The molecule has 7 nitrogen and oxygen atoms in total. The molecule has 1 heterocycles. The van der Waals surface area contributed by atoms with E-state index in [2.05, 4.69) is 4.74 Å². The Morgan fingerprint density at radius 1 is 1.21 bits per heavy atom. The first-order valence-corrected chi connectivity index (χ1v) is 3.94. The molecule has 14 heavy (non-hydrogen) atoms. The summed E-state index contributed by atoms with van der Waals surface area (Å²) in [6.07, 6.45) is -7.60. The lowest BCUT2D eigenvalue weighted by atomic mass is 9.99. The largest absolute Gasteiger partial charge is 0.479 e. The number of carboxylic acid groups (broad SMARTS) is 1. The van der Waals surface area contributed by atoms with Crippen molar-refractivity contribution < 1.29 is 34.7 Å². The Morgan fingerprint density at radius 2 is 1.79 bits per heavy atom. The first kappa shape index (κ1) is 11.3. The molecule has 4 N–H and O–H groups in total. The summed E-state index contributed by atoms with van der Waals surface area (Å²) >= 11 is 0. The van der Waals surface area contributed by atoms with Gasteiger partial charge in [0.1, 0.15) is 18.3 Å². The van der Waals surface area contributed by atoms with Gasteiger partial charge < -0.3 is 29.9 Å². The number of aliphatic hydroxyl groups is 3. The van der Waals surface area contributed by atoms with Crippen molar-refractivity contribution in [1.29, 1.82) is 0 Å². The minimum Gasteiger partial charge on any atom is -0.479 e. The molecule has 0 radical (unpaired) electrons. The molecule has 0 bridgehead atoms. The average Bonchev–Trinajstić information content (AvgIpc) is 2.14. The van der Waals surface area contributed by atoms with Gasteiger partial charge in [-0.2, -0.15) is 0 Å². The molecule has 1 aliphatic heterocycles. The molecule has 1 aliphatic rings. The van der Waals surface area contributed by atoms with Gasteiger partial charge in [-0.15, -0.1) is 0 Å². The van der Waals surface area contributed by atoms with E-state index < -0.39 is 36.7 Å².